The maximum atomic E-state index is 13.6. The third kappa shape index (κ3) is 3.56. The molecule has 0 saturated carbocycles. The zero-order valence-electron chi connectivity index (χ0n) is 17.6. The molecule has 1 amide bonds. The molecule has 0 aromatic carbocycles. The van der Waals surface area contributed by atoms with Crippen LogP contribution in [0.25, 0.3) is 0 Å². The number of aryl methyl sites for hydroxylation is 1. The van der Waals surface area contributed by atoms with Crippen molar-refractivity contribution < 1.29 is 28.4 Å². The number of furan rings is 1. The monoisotopic (exact) mass is 418 g/mol. The minimum Gasteiger partial charge on any atom is -0.469 e. The highest BCUT2D eigenvalue weighted by Gasteiger charge is 2.67. The average Bonchev–Trinajstić information content (AvgIpc) is 3.35. The molecule has 2 aliphatic heterocycles. The zero-order chi connectivity index (χ0) is 22.1. The number of nitrogens with zero attached hydrogens (tertiary/aromatic N) is 2. The molecule has 162 valence electrons. The molecule has 0 radical (unpaired) electrons. The van der Waals surface area contributed by atoms with Crippen molar-refractivity contribution in [1.29, 1.82) is 0 Å². The molecule has 3 rings (SSSR count). The van der Waals surface area contributed by atoms with Crippen molar-refractivity contribution in [3.63, 3.8) is 0 Å². The van der Waals surface area contributed by atoms with Gasteiger partial charge in [-0.3, -0.25) is 19.7 Å². The van der Waals surface area contributed by atoms with Crippen LogP contribution < -0.4 is 0 Å². The summed E-state index contributed by atoms with van der Waals surface area (Å²) < 4.78 is 16.3. The first-order chi connectivity index (χ1) is 14.2. The summed E-state index contributed by atoms with van der Waals surface area (Å²) in [4.78, 5) is 39.2. The van der Waals surface area contributed by atoms with E-state index in [-0.39, 0.29) is 19.1 Å². The van der Waals surface area contributed by atoms with Crippen molar-refractivity contribution in [2.75, 3.05) is 20.3 Å². The normalized spacial score (nSPS) is 25.4. The Morgan fingerprint density at radius 2 is 2.23 bits per heavy atom. The SMILES string of the molecule is CC#CCCc1cc(C(C[N+](=O)[O-])[C@@]2(C(=O)OC)C[C@@H]3COC(C)(C)N3C2=O)co1. The van der Waals surface area contributed by atoms with Gasteiger partial charge in [0.2, 0.25) is 12.5 Å². The van der Waals surface area contributed by atoms with Gasteiger partial charge >= 0.3 is 5.97 Å². The van der Waals surface area contributed by atoms with Gasteiger partial charge in [0.15, 0.2) is 5.41 Å². The van der Waals surface area contributed by atoms with E-state index in [1.54, 1.807) is 26.8 Å². The summed E-state index contributed by atoms with van der Waals surface area (Å²) in [7, 11) is 1.19. The number of carbonyl (C=O) groups is 2. The zero-order valence-corrected chi connectivity index (χ0v) is 17.6. The van der Waals surface area contributed by atoms with Gasteiger partial charge in [0, 0.05) is 23.3 Å². The Labute approximate surface area is 174 Å². The number of rotatable bonds is 7. The lowest BCUT2D eigenvalue weighted by Gasteiger charge is -2.34. The molecule has 2 saturated heterocycles. The van der Waals surface area contributed by atoms with E-state index in [4.69, 9.17) is 13.9 Å². The highest BCUT2D eigenvalue weighted by Crippen LogP contribution is 2.52. The van der Waals surface area contributed by atoms with Gasteiger partial charge < -0.3 is 18.8 Å². The van der Waals surface area contributed by atoms with Gasteiger partial charge in [0.1, 0.15) is 11.5 Å². The summed E-state index contributed by atoms with van der Waals surface area (Å²) in [5.74, 6) is 4.02. The highest BCUT2D eigenvalue weighted by molar-refractivity contribution is 6.06. The minimum atomic E-state index is -1.71. The fourth-order valence-electron chi connectivity index (χ4n) is 4.62. The van der Waals surface area contributed by atoms with Crippen LogP contribution in [-0.2, 0) is 25.5 Å². The maximum absolute atomic E-state index is 13.6. The largest absolute Gasteiger partial charge is 0.469 e. The fourth-order valence-corrected chi connectivity index (χ4v) is 4.62. The quantitative estimate of drug-likeness (QED) is 0.219. The van der Waals surface area contributed by atoms with Crippen molar-refractivity contribution in [2.45, 2.75) is 57.7 Å². The molecule has 3 heterocycles. The van der Waals surface area contributed by atoms with Gasteiger partial charge in [-0.15, -0.1) is 11.8 Å². The van der Waals surface area contributed by atoms with Crippen LogP contribution in [0.2, 0.25) is 0 Å². The number of fused-ring (bicyclic) bond motifs is 1. The van der Waals surface area contributed by atoms with E-state index in [0.29, 0.717) is 24.2 Å². The molecule has 0 N–H and O–H groups in total. The van der Waals surface area contributed by atoms with Gasteiger partial charge in [-0.2, -0.15) is 0 Å². The lowest BCUT2D eigenvalue weighted by atomic mass is 9.70. The van der Waals surface area contributed by atoms with E-state index in [9.17, 15) is 19.7 Å². The van der Waals surface area contributed by atoms with Gasteiger partial charge in [-0.1, -0.05) is 0 Å². The van der Waals surface area contributed by atoms with Crippen molar-refractivity contribution in [3.05, 3.63) is 33.8 Å². The van der Waals surface area contributed by atoms with E-state index in [1.807, 2.05) is 0 Å². The van der Waals surface area contributed by atoms with Gasteiger partial charge in [0.25, 0.3) is 0 Å². The second-order valence-electron chi connectivity index (χ2n) is 8.09. The van der Waals surface area contributed by atoms with E-state index < -0.39 is 40.4 Å². The summed E-state index contributed by atoms with van der Waals surface area (Å²) in [5, 5.41) is 11.5. The summed E-state index contributed by atoms with van der Waals surface area (Å²) in [5.41, 5.74) is -2.18. The summed E-state index contributed by atoms with van der Waals surface area (Å²) in [6, 6.07) is 1.32. The Hall–Kier alpha value is -2.86. The molecule has 0 aliphatic carbocycles. The molecule has 0 bridgehead atoms. The number of amides is 1. The Kier molecular flexibility index (Phi) is 5.90. The highest BCUT2D eigenvalue weighted by atomic mass is 16.6. The van der Waals surface area contributed by atoms with Gasteiger partial charge in [-0.25, -0.2) is 0 Å². The van der Waals surface area contributed by atoms with E-state index in [2.05, 4.69) is 11.8 Å². The van der Waals surface area contributed by atoms with Crippen molar-refractivity contribution in [3.8, 4) is 11.8 Å². The second-order valence-corrected chi connectivity index (χ2v) is 8.09. The number of carbonyl (C=O) groups excluding carboxylic acids is 2. The Morgan fingerprint density at radius 1 is 1.50 bits per heavy atom. The van der Waals surface area contributed by atoms with Crippen LogP contribution in [0, 0.1) is 27.4 Å². The molecule has 0 spiro atoms. The van der Waals surface area contributed by atoms with E-state index in [0.717, 1.165) is 0 Å². The molecule has 2 fully saturated rings. The first-order valence-electron chi connectivity index (χ1n) is 9.82. The molecule has 1 aromatic rings. The molecule has 2 aliphatic rings. The molecular formula is C21H26N2O7. The van der Waals surface area contributed by atoms with Crippen LogP contribution in [0.15, 0.2) is 16.7 Å². The van der Waals surface area contributed by atoms with Gasteiger partial charge in [-0.05, 0) is 33.3 Å². The number of nitro groups is 1. The van der Waals surface area contributed by atoms with Crippen LogP contribution in [0.3, 0.4) is 0 Å². The second kappa shape index (κ2) is 8.11. The topological polar surface area (TPSA) is 112 Å². The van der Waals surface area contributed by atoms with E-state index >= 15 is 0 Å². The van der Waals surface area contributed by atoms with Crippen molar-refractivity contribution in [1.82, 2.24) is 4.90 Å². The van der Waals surface area contributed by atoms with Crippen LogP contribution >= 0.6 is 0 Å². The summed E-state index contributed by atoms with van der Waals surface area (Å²) in [6.07, 6.45) is 2.58. The van der Waals surface area contributed by atoms with Crippen molar-refractivity contribution in [2.24, 2.45) is 5.41 Å². The third-order valence-corrected chi connectivity index (χ3v) is 5.96. The van der Waals surface area contributed by atoms with Gasteiger partial charge in [0.05, 0.1) is 31.9 Å². The number of ether oxygens (including phenoxy) is 2. The summed E-state index contributed by atoms with van der Waals surface area (Å²) >= 11 is 0. The molecule has 3 atom stereocenters. The first-order valence-corrected chi connectivity index (χ1v) is 9.82. The number of hydrogen-bond donors (Lipinski definition) is 0. The average molecular weight is 418 g/mol. The Bertz CT molecular complexity index is 910. The predicted octanol–water partition coefficient (Wildman–Crippen LogP) is 2.12. The number of hydrogen-bond acceptors (Lipinski definition) is 7. The predicted molar refractivity (Wildman–Crippen MR) is 105 cm³/mol. The van der Waals surface area contributed by atoms with E-state index in [1.165, 1.54) is 18.3 Å². The standard InChI is InChI=1S/C21H26N2O7/c1-5-6-7-8-16-9-14(12-29-16)17(11-22(26)27)21(19(25)28-4)10-15-13-30-20(2,3)23(15)18(21)24/h9,12,15,17H,7-8,10-11,13H2,1-4H3/t15-,17?,21+/m1/s1. The maximum Gasteiger partial charge on any atom is 0.322 e. The molecule has 1 unspecified atom stereocenters. The molecule has 1 aromatic heterocycles. The lowest BCUT2D eigenvalue weighted by Crippen LogP contribution is -2.51. The van der Waals surface area contributed by atoms with Crippen LogP contribution in [0.5, 0.6) is 0 Å². The lowest BCUT2D eigenvalue weighted by molar-refractivity contribution is -0.485. The Morgan fingerprint density at radius 3 is 2.83 bits per heavy atom. The minimum absolute atomic E-state index is 0.0856. The van der Waals surface area contributed by atoms with Crippen LogP contribution in [-0.4, -0.2) is 53.7 Å². The molecular weight excluding hydrogens is 392 g/mol. The van der Waals surface area contributed by atoms with Crippen LogP contribution in [0.1, 0.15) is 50.9 Å². The molecule has 9 nitrogen and oxygen atoms in total. The van der Waals surface area contributed by atoms with Crippen molar-refractivity contribution >= 4 is 11.9 Å². The Balaban J connectivity index is 2.05. The first kappa shape index (κ1) is 21.8. The third-order valence-electron chi connectivity index (χ3n) is 5.96. The fraction of sp³-hybridized carbons (Fsp3) is 0.619. The molecule has 30 heavy (non-hydrogen) atoms. The number of esters is 1. The smallest absolute Gasteiger partial charge is 0.322 e. The number of methoxy groups -OCH3 is 1. The summed E-state index contributed by atoms with van der Waals surface area (Å²) in [6.45, 7) is 4.88. The molecule has 9 heteroatoms. The van der Waals surface area contributed by atoms with Crippen LogP contribution in [0.4, 0.5) is 0 Å².